The van der Waals surface area contributed by atoms with Crippen LogP contribution in [0.15, 0.2) is 52.9 Å². The van der Waals surface area contributed by atoms with Crippen molar-refractivity contribution in [1.82, 2.24) is 20.1 Å². The highest BCUT2D eigenvalue weighted by Crippen LogP contribution is 2.35. The third-order valence-electron chi connectivity index (χ3n) is 6.13. The molecule has 0 spiro atoms. The van der Waals surface area contributed by atoms with Crippen LogP contribution in [0.2, 0.25) is 0 Å². The van der Waals surface area contributed by atoms with E-state index >= 15 is 0 Å². The monoisotopic (exact) mass is 478 g/mol. The molecule has 3 aromatic rings. The average molecular weight is 479 g/mol. The van der Waals surface area contributed by atoms with Crippen LogP contribution in [0.3, 0.4) is 0 Å². The zero-order valence-electron chi connectivity index (χ0n) is 20.2. The summed E-state index contributed by atoms with van der Waals surface area (Å²) in [5.74, 6) is -0.110. The first-order valence-corrected chi connectivity index (χ1v) is 11.5. The van der Waals surface area contributed by atoms with Crippen molar-refractivity contribution in [2.24, 2.45) is 0 Å². The van der Waals surface area contributed by atoms with Crippen LogP contribution in [0.5, 0.6) is 0 Å². The second-order valence-corrected chi connectivity index (χ2v) is 8.81. The van der Waals surface area contributed by atoms with E-state index < -0.39 is 10.8 Å². The number of nitrogens with one attached hydrogen (secondary N) is 1. The number of aromatic nitrogens is 1. The summed E-state index contributed by atoms with van der Waals surface area (Å²) in [6.07, 6.45) is 0. The molecule has 1 aliphatic heterocycles. The zero-order chi connectivity index (χ0) is 24.9. The number of piperazine rings is 1. The number of hydrogen-bond donors (Lipinski definition) is 1. The normalized spacial score (nSPS) is 14.6. The first-order chi connectivity index (χ1) is 16.8. The van der Waals surface area contributed by atoms with Crippen LogP contribution >= 0.6 is 0 Å². The molecule has 35 heavy (non-hydrogen) atoms. The number of rotatable bonds is 8. The van der Waals surface area contributed by atoms with E-state index in [4.69, 9.17) is 4.42 Å². The molecule has 184 valence electrons. The van der Waals surface area contributed by atoms with Crippen LogP contribution in [0.4, 0.5) is 11.4 Å². The van der Waals surface area contributed by atoms with Gasteiger partial charge in [0.05, 0.1) is 10.5 Å². The highest BCUT2D eigenvalue weighted by atomic mass is 16.6. The van der Waals surface area contributed by atoms with E-state index in [1.807, 2.05) is 43.3 Å². The Hall–Kier alpha value is -3.76. The number of benzene rings is 2. The summed E-state index contributed by atoms with van der Waals surface area (Å²) in [6, 6.07) is 13.7. The number of amides is 1. The quantitative estimate of drug-likeness (QED) is 0.389. The van der Waals surface area contributed by atoms with Crippen molar-refractivity contribution in [1.29, 1.82) is 0 Å². The minimum atomic E-state index is -0.488. The smallest absolute Gasteiger partial charge is 0.280 e. The number of nitro benzene ring substituents is 1. The molecular formula is C25H30N6O4. The Morgan fingerprint density at radius 1 is 1.11 bits per heavy atom. The first-order valence-electron chi connectivity index (χ1n) is 11.5. The lowest BCUT2D eigenvalue weighted by atomic mass is 10.1. The Balaban J connectivity index is 1.61. The van der Waals surface area contributed by atoms with Crippen molar-refractivity contribution in [3.05, 3.63) is 64.3 Å². The van der Waals surface area contributed by atoms with Gasteiger partial charge >= 0.3 is 0 Å². The highest BCUT2D eigenvalue weighted by Gasteiger charge is 2.27. The van der Waals surface area contributed by atoms with Gasteiger partial charge in [-0.3, -0.25) is 19.8 Å². The van der Waals surface area contributed by atoms with Crippen molar-refractivity contribution in [2.45, 2.75) is 0 Å². The van der Waals surface area contributed by atoms with Crippen LogP contribution in [0.1, 0.15) is 10.5 Å². The van der Waals surface area contributed by atoms with Gasteiger partial charge in [0, 0.05) is 70.7 Å². The number of nitro groups is 1. The predicted molar refractivity (Wildman–Crippen MR) is 135 cm³/mol. The van der Waals surface area contributed by atoms with Gasteiger partial charge in [-0.05, 0) is 37.4 Å². The van der Waals surface area contributed by atoms with Crippen molar-refractivity contribution in [2.75, 3.05) is 65.3 Å². The fraction of sp³-hybridized carbons (Fsp3) is 0.360. The summed E-state index contributed by atoms with van der Waals surface area (Å²) in [5.41, 5.74) is 1.77. The van der Waals surface area contributed by atoms with E-state index in [0.717, 1.165) is 38.4 Å². The third kappa shape index (κ3) is 5.67. The predicted octanol–water partition coefficient (Wildman–Crippen LogP) is 2.96. The molecule has 1 fully saturated rings. The lowest BCUT2D eigenvalue weighted by Gasteiger charge is -2.32. The van der Waals surface area contributed by atoms with Crippen molar-refractivity contribution in [3.8, 4) is 22.8 Å². The Kier molecular flexibility index (Phi) is 7.42. The van der Waals surface area contributed by atoms with Gasteiger partial charge in [0.15, 0.2) is 11.5 Å². The van der Waals surface area contributed by atoms with Crippen LogP contribution < -0.4 is 10.2 Å². The van der Waals surface area contributed by atoms with Crippen LogP contribution in [0.25, 0.3) is 22.8 Å². The summed E-state index contributed by atoms with van der Waals surface area (Å²) in [4.78, 5) is 35.3. The zero-order valence-corrected chi connectivity index (χ0v) is 20.2. The van der Waals surface area contributed by atoms with Crippen LogP contribution in [-0.2, 0) is 0 Å². The summed E-state index contributed by atoms with van der Waals surface area (Å²) < 4.78 is 6.00. The number of hydrogen-bond acceptors (Lipinski definition) is 8. The molecule has 0 saturated carbocycles. The van der Waals surface area contributed by atoms with E-state index in [-0.39, 0.29) is 28.6 Å². The Morgan fingerprint density at radius 2 is 1.80 bits per heavy atom. The molecule has 2 aromatic carbocycles. The second kappa shape index (κ2) is 10.7. The summed E-state index contributed by atoms with van der Waals surface area (Å²) in [6.45, 7) is 5.05. The fourth-order valence-electron chi connectivity index (χ4n) is 3.99. The molecule has 10 nitrogen and oxygen atoms in total. The highest BCUT2D eigenvalue weighted by molar-refractivity contribution is 5.99. The van der Waals surface area contributed by atoms with Gasteiger partial charge in [0.25, 0.3) is 11.6 Å². The molecule has 1 aliphatic rings. The van der Waals surface area contributed by atoms with Gasteiger partial charge in [-0.2, -0.15) is 0 Å². The number of nitrogens with zero attached hydrogens (tertiary/aromatic N) is 5. The van der Waals surface area contributed by atoms with E-state index in [2.05, 4.69) is 27.1 Å². The van der Waals surface area contributed by atoms with Crippen LogP contribution in [0, 0.1) is 10.1 Å². The lowest BCUT2D eigenvalue weighted by Crippen LogP contribution is -2.46. The van der Waals surface area contributed by atoms with Crippen molar-refractivity contribution < 1.29 is 14.1 Å². The third-order valence-corrected chi connectivity index (χ3v) is 6.13. The van der Waals surface area contributed by atoms with Gasteiger partial charge < -0.3 is 19.5 Å². The van der Waals surface area contributed by atoms with Crippen molar-refractivity contribution >= 4 is 17.3 Å². The Labute approximate surface area is 204 Å². The van der Waals surface area contributed by atoms with E-state index in [1.54, 1.807) is 18.2 Å². The molecule has 1 amide bonds. The number of oxazole rings is 1. The number of carbonyl (C=O) groups excluding carboxylic acids is 1. The molecule has 0 aliphatic carbocycles. The summed E-state index contributed by atoms with van der Waals surface area (Å²) in [7, 11) is 5.98. The maximum atomic E-state index is 13.2. The number of carbonyl (C=O) groups is 1. The minimum absolute atomic E-state index is 0.0318. The molecule has 0 unspecified atom stereocenters. The average Bonchev–Trinajstić information content (AvgIpc) is 3.31. The standard InChI is InChI=1S/C25H30N6O4/c1-28(2)19-10-8-18(9-11-19)25-27-22(23(35-25)20-6-4-5-7-21(20)31(33)34)24(32)26-12-13-30-16-14-29(3)15-17-30/h4-11H,12-17H2,1-3H3,(H,26,32). The molecule has 2 heterocycles. The first kappa shape index (κ1) is 24.4. The fourth-order valence-corrected chi connectivity index (χ4v) is 3.99. The molecule has 4 rings (SSSR count). The SMILES string of the molecule is CN1CCN(CCNC(=O)c2nc(-c3ccc(N(C)C)cc3)oc2-c2ccccc2[N+](=O)[O-])CC1. The summed E-state index contributed by atoms with van der Waals surface area (Å²) in [5, 5.41) is 14.6. The van der Waals surface area contributed by atoms with Crippen molar-refractivity contribution in [3.63, 3.8) is 0 Å². The summed E-state index contributed by atoms with van der Waals surface area (Å²) >= 11 is 0. The Bertz CT molecular complexity index is 1180. The number of para-hydroxylation sites is 1. The van der Waals surface area contributed by atoms with Crippen LogP contribution in [-0.4, -0.2) is 86.0 Å². The molecule has 1 N–H and O–H groups in total. The van der Waals surface area contributed by atoms with E-state index in [9.17, 15) is 14.9 Å². The molecule has 0 atom stereocenters. The number of anilines is 1. The molecule has 0 bridgehead atoms. The van der Waals surface area contributed by atoms with Gasteiger partial charge in [-0.15, -0.1) is 0 Å². The second-order valence-electron chi connectivity index (χ2n) is 8.81. The largest absolute Gasteiger partial charge is 0.435 e. The van der Waals surface area contributed by atoms with E-state index in [0.29, 0.717) is 12.1 Å². The maximum Gasteiger partial charge on any atom is 0.280 e. The molecule has 1 saturated heterocycles. The molecule has 10 heteroatoms. The molecule has 1 aromatic heterocycles. The van der Waals surface area contributed by atoms with E-state index in [1.165, 1.54) is 6.07 Å². The molecular weight excluding hydrogens is 448 g/mol. The lowest BCUT2D eigenvalue weighted by molar-refractivity contribution is -0.384. The number of likely N-dealkylation sites (N-methyl/N-ethyl adjacent to an activating group) is 1. The Morgan fingerprint density at radius 3 is 2.46 bits per heavy atom. The van der Waals surface area contributed by atoms with Gasteiger partial charge in [0.2, 0.25) is 5.89 Å². The van der Waals surface area contributed by atoms with Gasteiger partial charge in [-0.25, -0.2) is 4.98 Å². The topological polar surface area (TPSA) is 108 Å². The minimum Gasteiger partial charge on any atom is -0.435 e. The van der Waals surface area contributed by atoms with Gasteiger partial charge in [0.1, 0.15) is 0 Å². The van der Waals surface area contributed by atoms with Gasteiger partial charge in [-0.1, -0.05) is 12.1 Å². The maximum absolute atomic E-state index is 13.2. The molecule has 0 radical (unpaired) electrons.